The van der Waals surface area contributed by atoms with Crippen molar-refractivity contribution < 1.29 is 29.5 Å². The number of rotatable bonds is 5. The first-order chi connectivity index (χ1) is 8.22. The van der Waals surface area contributed by atoms with Crippen LogP contribution in [-0.2, 0) is 15.8 Å². The standard InChI is InChI=1S/C10H14NO6P/c1-11(14)10(9(12)13,18(15,16)17)7-8-5-3-2-4-6-8/h2-6,14H,7H2,1H3,(H,12,13)(H2,15,16,17)/t10-/m1/s1. The molecule has 0 aliphatic carbocycles. The Balaban J connectivity index is 3.29. The molecule has 0 bridgehead atoms. The molecule has 0 saturated heterocycles. The van der Waals surface area contributed by atoms with Gasteiger partial charge in [0.1, 0.15) is 0 Å². The second-order valence-electron chi connectivity index (χ2n) is 3.85. The fraction of sp³-hybridized carbons (Fsp3) is 0.300. The smallest absolute Gasteiger partial charge is 0.359 e. The van der Waals surface area contributed by atoms with Crippen LogP contribution in [0.15, 0.2) is 30.3 Å². The zero-order valence-corrected chi connectivity index (χ0v) is 10.5. The van der Waals surface area contributed by atoms with Crippen LogP contribution >= 0.6 is 7.60 Å². The Hall–Kier alpha value is -1.24. The van der Waals surface area contributed by atoms with E-state index in [0.29, 0.717) is 5.56 Å². The fourth-order valence-corrected chi connectivity index (χ4v) is 2.64. The summed E-state index contributed by atoms with van der Waals surface area (Å²) < 4.78 is 11.5. The van der Waals surface area contributed by atoms with E-state index in [1.807, 2.05) is 0 Å². The zero-order valence-electron chi connectivity index (χ0n) is 9.59. The quantitative estimate of drug-likeness (QED) is 0.456. The van der Waals surface area contributed by atoms with Crippen molar-refractivity contribution in [3.63, 3.8) is 0 Å². The van der Waals surface area contributed by atoms with Gasteiger partial charge in [-0.1, -0.05) is 30.3 Å². The first-order valence-corrected chi connectivity index (χ1v) is 6.58. The second-order valence-corrected chi connectivity index (χ2v) is 5.68. The molecular weight excluding hydrogens is 261 g/mol. The summed E-state index contributed by atoms with van der Waals surface area (Å²) in [7, 11) is -4.21. The summed E-state index contributed by atoms with van der Waals surface area (Å²) in [5.74, 6) is -1.79. The zero-order chi connectivity index (χ0) is 14.0. The van der Waals surface area contributed by atoms with Gasteiger partial charge in [-0.15, -0.1) is 0 Å². The van der Waals surface area contributed by atoms with Gasteiger partial charge in [0.15, 0.2) is 0 Å². The molecule has 0 aliphatic heterocycles. The van der Waals surface area contributed by atoms with E-state index in [4.69, 9.17) is 5.11 Å². The molecule has 1 rings (SSSR count). The van der Waals surface area contributed by atoms with Crippen molar-refractivity contribution in [2.75, 3.05) is 7.05 Å². The van der Waals surface area contributed by atoms with E-state index in [1.165, 1.54) is 12.1 Å². The summed E-state index contributed by atoms with van der Waals surface area (Å²) in [6.07, 6.45) is -0.513. The van der Waals surface area contributed by atoms with Gasteiger partial charge in [-0.2, -0.15) is 5.06 Å². The van der Waals surface area contributed by atoms with Crippen LogP contribution in [0.3, 0.4) is 0 Å². The number of carboxylic acid groups (broad SMARTS) is 1. The highest BCUT2D eigenvalue weighted by Gasteiger charge is 2.57. The van der Waals surface area contributed by atoms with Crippen LogP contribution in [0.5, 0.6) is 0 Å². The molecule has 0 radical (unpaired) electrons. The van der Waals surface area contributed by atoms with Crippen molar-refractivity contribution in [3.8, 4) is 0 Å². The third-order valence-corrected chi connectivity index (χ3v) is 4.26. The van der Waals surface area contributed by atoms with Gasteiger partial charge in [0.2, 0.25) is 5.28 Å². The summed E-state index contributed by atoms with van der Waals surface area (Å²) in [4.78, 5) is 29.7. The predicted molar refractivity (Wildman–Crippen MR) is 62.1 cm³/mol. The first-order valence-electron chi connectivity index (χ1n) is 4.97. The van der Waals surface area contributed by atoms with Crippen molar-refractivity contribution in [3.05, 3.63) is 35.9 Å². The molecule has 100 valence electrons. The lowest BCUT2D eigenvalue weighted by Crippen LogP contribution is -2.52. The molecule has 0 fully saturated rings. The Morgan fingerprint density at radius 3 is 2.17 bits per heavy atom. The molecule has 0 aromatic heterocycles. The molecule has 0 amide bonds. The highest BCUT2D eigenvalue weighted by Crippen LogP contribution is 2.53. The SMILES string of the molecule is CN(O)[C@@](Cc1ccccc1)(C(=O)O)P(=O)(O)O. The summed E-state index contributed by atoms with van der Waals surface area (Å²) in [5, 5.41) is 15.9. The molecule has 4 N–H and O–H groups in total. The van der Waals surface area contributed by atoms with Crippen LogP contribution in [0, 0.1) is 0 Å². The average molecular weight is 275 g/mol. The number of nitrogens with zero attached hydrogens (tertiary/aromatic N) is 1. The molecule has 0 spiro atoms. The normalized spacial score (nSPS) is 15.4. The highest BCUT2D eigenvalue weighted by molar-refractivity contribution is 7.54. The minimum atomic E-state index is -5.11. The largest absolute Gasteiger partial charge is 0.479 e. The minimum absolute atomic E-state index is 0.0586. The lowest BCUT2D eigenvalue weighted by Gasteiger charge is -2.34. The van der Waals surface area contributed by atoms with Crippen molar-refractivity contribution in [1.29, 1.82) is 0 Å². The Morgan fingerprint density at radius 1 is 1.33 bits per heavy atom. The lowest BCUT2D eigenvalue weighted by molar-refractivity contribution is -0.173. The van der Waals surface area contributed by atoms with Crippen molar-refractivity contribution >= 4 is 13.6 Å². The van der Waals surface area contributed by atoms with E-state index in [2.05, 4.69) is 0 Å². The van der Waals surface area contributed by atoms with E-state index in [9.17, 15) is 24.4 Å². The minimum Gasteiger partial charge on any atom is -0.479 e. The summed E-state index contributed by atoms with van der Waals surface area (Å²) >= 11 is 0. The Labute approximate surface area is 103 Å². The summed E-state index contributed by atoms with van der Waals surface area (Å²) in [6.45, 7) is 0. The molecule has 18 heavy (non-hydrogen) atoms. The monoisotopic (exact) mass is 275 g/mol. The first kappa shape index (κ1) is 14.8. The summed E-state index contributed by atoms with van der Waals surface area (Å²) in [6, 6.07) is 7.96. The maximum absolute atomic E-state index is 11.5. The molecule has 0 saturated carbocycles. The number of benzene rings is 1. The lowest BCUT2D eigenvalue weighted by atomic mass is 10.1. The van der Waals surface area contributed by atoms with Gasteiger partial charge < -0.3 is 20.1 Å². The average Bonchev–Trinajstić information content (AvgIpc) is 2.24. The Bertz CT molecular complexity index is 471. The van der Waals surface area contributed by atoms with Crippen LogP contribution in [0.1, 0.15) is 5.56 Å². The van der Waals surface area contributed by atoms with Crippen molar-refractivity contribution in [2.24, 2.45) is 0 Å². The summed E-state index contributed by atoms with van der Waals surface area (Å²) in [5.41, 5.74) is 0.393. The molecule has 1 aromatic carbocycles. The van der Waals surface area contributed by atoms with E-state index >= 15 is 0 Å². The van der Waals surface area contributed by atoms with Crippen LogP contribution < -0.4 is 0 Å². The van der Waals surface area contributed by atoms with E-state index in [-0.39, 0.29) is 5.06 Å². The number of hydrogen-bond donors (Lipinski definition) is 4. The molecular formula is C10H14NO6P. The third-order valence-electron chi connectivity index (χ3n) is 2.65. The van der Waals surface area contributed by atoms with Crippen molar-refractivity contribution in [2.45, 2.75) is 11.7 Å². The van der Waals surface area contributed by atoms with E-state index in [0.717, 1.165) is 7.05 Å². The van der Waals surface area contributed by atoms with Gasteiger partial charge >= 0.3 is 13.6 Å². The molecule has 1 atom stereocenters. The predicted octanol–water partition coefficient (Wildman–Crippen LogP) is 0.509. The number of hydrogen-bond acceptors (Lipinski definition) is 4. The van der Waals surface area contributed by atoms with Gasteiger partial charge in [-0.3, -0.25) is 4.57 Å². The number of hydroxylamine groups is 2. The van der Waals surface area contributed by atoms with Gasteiger partial charge in [-0.25, -0.2) is 4.79 Å². The van der Waals surface area contributed by atoms with E-state index in [1.54, 1.807) is 18.2 Å². The number of carboxylic acids is 1. The fourth-order valence-electron chi connectivity index (χ4n) is 1.63. The second kappa shape index (κ2) is 5.17. The van der Waals surface area contributed by atoms with Gasteiger partial charge in [0, 0.05) is 13.5 Å². The topological polar surface area (TPSA) is 118 Å². The van der Waals surface area contributed by atoms with Crippen LogP contribution in [0.2, 0.25) is 0 Å². The highest BCUT2D eigenvalue weighted by atomic mass is 31.2. The number of aliphatic carboxylic acids is 1. The molecule has 0 unspecified atom stereocenters. The van der Waals surface area contributed by atoms with Gasteiger partial charge in [-0.05, 0) is 5.56 Å². The number of likely N-dealkylation sites (N-methyl/N-ethyl adjacent to an activating group) is 1. The van der Waals surface area contributed by atoms with Crippen molar-refractivity contribution in [1.82, 2.24) is 5.06 Å². The maximum atomic E-state index is 11.5. The Morgan fingerprint density at radius 2 is 1.83 bits per heavy atom. The van der Waals surface area contributed by atoms with Gasteiger partial charge in [0.25, 0.3) is 0 Å². The molecule has 8 heteroatoms. The molecule has 1 aromatic rings. The van der Waals surface area contributed by atoms with Crippen LogP contribution in [-0.4, -0.2) is 43.5 Å². The molecule has 0 aliphatic rings. The van der Waals surface area contributed by atoms with Gasteiger partial charge in [0.05, 0.1) is 0 Å². The maximum Gasteiger partial charge on any atom is 0.359 e. The molecule has 0 heterocycles. The third kappa shape index (κ3) is 2.60. The van der Waals surface area contributed by atoms with E-state index < -0.39 is 25.3 Å². The van der Waals surface area contributed by atoms with Crippen LogP contribution in [0.4, 0.5) is 0 Å². The van der Waals surface area contributed by atoms with Crippen LogP contribution in [0.25, 0.3) is 0 Å². The molecule has 7 nitrogen and oxygen atoms in total. The number of carbonyl (C=O) groups is 1. The Kier molecular flexibility index (Phi) is 4.26.